The predicted molar refractivity (Wildman–Crippen MR) is 87.6 cm³/mol. The van der Waals surface area contributed by atoms with Crippen LogP contribution in [0.5, 0.6) is 0 Å². The van der Waals surface area contributed by atoms with Gasteiger partial charge in [-0.2, -0.15) is 5.10 Å². The van der Waals surface area contributed by atoms with Gasteiger partial charge in [0, 0.05) is 26.7 Å². The van der Waals surface area contributed by atoms with Crippen molar-refractivity contribution >= 4 is 6.03 Å². The second-order valence-electron chi connectivity index (χ2n) is 7.13. The van der Waals surface area contributed by atoms with E-state index in [4.69, 9.17) is 9.47 Å². The number of nitrogens with zero attached hydrogens (tertiary/aromatic N) is 4. The van der Waals surface area contributed by atoms with Gasteiger partial charge >= 0.3 is 6.03 Å². The quantitative estimate of drug-likeness (QED) is 0.888. The maximum atomic E-state index is 12.6. The molecule has 3 heterocycles. The Bertz CT molecular complexity index is 586. The molecule has 2 amide bonds. The molecule has 0 aromatic carbocycles. The Balaban J connectivity index is 1.58. The smallest absolute Gasteiger partial charge is 0.317 e. The third-order valence-corrected chi connectivity index (χ3v) is 4.43. The molecule has 2 aliphatic heterocycles. The van der Waals surface area contributed by atoms with E-state index in [1.54, 1.807) is 7.11 Å². The molecule has 24 heavy (non-hydrogen) atoms. The van der Waals surface area contributed by atoms with Crippen LogP contribution in [-0.2, 0) is 29.0 Å². The fourth-order valence-electron chi connectivity index (χ4n) is 3.30. The lowest BCUT2D eigenvalue weighted by atomic mass is 10.1. The number of rotatable bonds is 3. The largest absolute Gasteiger partial charge is 0.377 e. The Labute approximate surface area is 142 Å². The summed E-state index contributed by atoms with van der Waals surface area (Å²) in [5, 5.41) is 7.59. The molecule has 1 unspecified atom stereocenters. The SMILES string of the molecule is COCc1nc2n(n1)CC(NC(=O)N1CCCOC(C)(C)C1)CC2. The van der Waals surface area contributed by atoms with E-state index >= 15 is 0 Å². The van der Waals surface area contributed by atoms with E-state index in [1.807, 2.05) is 23.4 Å². The number of aromatic nitrogens is 3. The fourth-order valence-corrected chi connectivity index (χ4v) is 3.30. The summed E-state index contributed by atoms with van der Waals surface area (Å²) in [4.78, 5) is 18.9. The molecule has 1 atom stereocenters. The molecule has 0 saturated carbocycles. The zero-order chi connectivity index (χ0) is 17.2. The highest BCUT2D eigenvalue weighted by molar-refractivity contribution is 5.74. The summed E-state index contributed by atoms with van der Waals surface area (Å²) in [5.41, 5.74) is -0.297. The number of ether oxygens (including phenoxy) is 2. The van der Waals surface area contributed by atoms with Crippen LogP contribution in [0.25, 0.3) is 0 Å². The Morgan fingerprint density at radius 3 is 3.12 bits per heavy atom. The minimum absolute atomic E-state index is 0.0146. The zero-order valence-electron chi connectivity index (χ0n) is 14.7. The van der Waals surface area contributed by atoms with Gasteiger partial charge in [0.2, 0.25) is 0 Å². The second-order valence-corrected chi connectivity index (χ2v) is 7.13. The third kappa shape index (κ3) is 4.05. The average molecular weight is 337 g/mol. The van der Waals surface area contributed by atoms with Crippen LogP contribution in [0.1, 0.15) is 38.3 Å². The molecule has 8 nitrogen and oxygen atoms in total. The molecule has 0 spiro atoms. The van der Waals surface area contributed by atoms with Gasteiger partial charge in [0.15, 0.2) is 5.82 Å². The number of carbonyl (C=O) groups is 1. The van der Waals surface area contributed by atoms with Crippen LogP contribution in [0.3, 0.4) is 0 Å². The minimum atomic E-state index is -0.297. The van der Waals surface area contributed by atoms with Crippen molar-refractivity contribution in [2.24, 2.45) is 0 Å². The van der Waals surface area contributed by atoms with Crippen molar-refractivity contribution in [2.45, 2.75) is 57.9 Å². The lowest BCUT2D eigenvalue weighted by Gasteiger charge is -2.31. The molecule has 0 radical (unpaired) electrons. The summed E-state index contributed by atoms with van der Waals surface area (Å²) in [6.45, 7) is 7.17. The first-order valence-electron chi connectivity index (χ1n) is 8.58. The summed E-state index contributed by atoms with van der Waals surface area (Å²) in [6.07, 6.45) is 2.57. The summed E-state index contributed by atoms with van der Waals surface area (Å²) in [5.74, 6) is 1.67. The van der Waals surface area contributed by atoms with Crippen molar-refractivity contribution in [1.29, 1.82) is 0 Å². The van der Waals surface area contributed by atoms with Gasteiger partial charge in [0.05, 0.1) is 24.7 Å². The van der Waals surface area contributed by atoms with Gasteiger partial charge in [-0.1, -0.05) is 0 Å². The van der Waals surface area contributed by atoms with Gasteiger partial charge in [-0.25, -0.2) is 14.5 Å². The highest BCUT2D eigenvalue weighted by Crippen LogP contribution is 2.18. The van der Waals surface area contributed by atoms with Crippen molar-refractivity contribution in [3.8, 4) is 0 Å². The molecule has 1 aromatic heterocycles. The molecular formula is C16H27N5O3. The van der Waals surface area contributed by atoms with Gasteiger partial charge in [0.1, 0.15) is 12.4 Å². The number of urea groups is 1. The lowest BCUT2D eigenvalue weighted by Crippen LogP contribution is -2.51. The number of aryl methyl sites for hydroxylation is 1. The summed E-state index contributed by atoms with van der Waals surface area (Å²) >= 11 is 0. The topological polar surface area (TPSA) is 81.5 Å². The van der Waals surface area contributed by atoms with Crippen molar-refractivity contribution in [1.82, 2.24) is 25.0 Å². The van der Waals surface area contributed by atoms with Crippen LogP contribution in [0, 0.1) is 0 Å². The van der Waals surface area contributed by atoms with E-state index in [-0.39, 0.29) is 17.7 Å². The van der Waals surface area contributed by atoms with Crippen molar-refractivity contribution in [2.75, 3.05) is 26.8 Å². The number of hydrogen-bond acceptors (Lipinski definition) is 5. The number of carbonyl (C=O) groups excluding carboxylic acids is 1. The highest BCUT2D eigenvalue weighted by Gasteiger charge is 2.30. The molecule has 0 aliphatic carbocycles. The average Bonchev–Trinajstić information content (AvgIpc) is 2.82. The standard InChI is InChI=1S/C16H27N5O3/c1-16(2)11-20(7-4-8-24-16)15(22)17-12-5-6-14-18-13(10-23-3)19-21(14)9-12/h12H,4-11H2,1-3H3,(H,17,22). The van der Waals surface area contributed by atoms with Crippen molar-refractivity contribution in [3.63, 3.8) is 0 Å². The van der Waals surface area contributed by atoms with E-state index in [9.17, 15) is 4.79 Å². The van der Waals surface area contributed by atoms with Gasteiger partial charge in [0.25, 0.3) is 0 Å². The number of amides is 2. The van der Waals surface area contributed by atoms with Crippen LogP contribution in [0.4, 0.5) is 4.79 Å². The Kier molecular flexibility index (Phi) is 5.05. The first-order valence-corrected chi connectivity index (χ1v) is 8.58. The fraction of sp³-hybridized carbons (Fsp3) is 0.812. The van der Waals surface area contributed by atoms with Crippen molar-refractivity contribution < 1.29 is 14.3 Å². The number of fused-ring (bicyclic) bond motifs is 1. The predicted octanol–water partition coefficient (Wildman–Crippen LogP) is 0.950. The van der Waals surface area contributed by atoms with Gasteiger partial charge < -0.3 is 19.7 Å². The van der Waals surface area contributed by atoms with E-state index in [1.165, 1.54) is 0 Å². The van der Waals surface area contributed by atoms with Gasteiger partial charge in [-0.3, -0.25) is 0 Å². The van der Waals surface area contributed by atoms with Crippen molar-refractivity contribution in [3.05, 3.63) is 11.6 Å². The monoisotopic (exact) mass is 337 g/mol. The normalized spacial score (nSPS) is 23.5. The number of nitrogens with one attached hydrogen (secondary N) is 1. The maximum absolute atomic E-state index is 12.6. The zero-order valence-corrected chi connectivity index (χ0v) is 14.7. The molecule has 1 saturated heterocycles. The second kappa shape index (κ2) is 7.06. The first-order chi connectivity index (χ1) is 11.5. The molecule has 134 valence electrons. The summed E-state index contributed by atoms with van der Waals surface area (Å²) < 4.78 is 12.7. The van der Waals surface area contributed by atoms with Crippen LogP contribution >= 0.6 is 0 Å². The van der Waals surface area contributed by atoms with E-state index in [2.05, 4.69) is 15.4 Å². The van der Waals surface area contributed by atoms with Crippen LogP contribution in [-0.4, -0.2) is 64.1 Å². The molecule has 1 fully saturated rings. The Morgan fingerprint density at radius 2 is 2.33 bits per heavy atom. The van der Waals surface area contributed by atoms with E-state index in [0.717, 1.165) is 31.6 Å². The highest BCUT2D eigenvalue weighted by atomic mass is 16.5. The van der Waals surface area contributed by atoms with E-state index in [0.29, 0.717) is 32.1 Å². The molecular weight excluding hydrogens is 310 g/mol. The van der Waals surface area contributed by atoms with Gasteiger partial charge in [-0.05, 0) is 26.7 Å². The first kappa shape index (κ1) is 17.2. The maximum Gasteiger partial charge on any atom is 0.317 e. The molecule has 0 bridgehead atoms. The summed E-state index contributed by atoms with van der Waals surface area (Å²) in [7, 11) is 1.63. The number of methoxy groups -OCH3 is 1. The lowest BCUT2D eigenvalue weighted by molar-refractivity contribution is -0.0134. The summed E-state index contributed by atoms with van der Waals surface area (Å²) in [6, 6.07) is 0.0635. The molecule has 2 aliphatic rings. The van der Waals surface area contributed by atoms with E-state index < -0.39 is 0 Å². The third-order valence-electron chi connectivity index (χ3n) is 4.43. The van der Waals surface area contributed by atoms with Crippen LogP contribution < -0.4 is 5.32 Å². The molecule has 8 heteroatoms. The molecule has 3 rings (SSSR count). The molecule has 1 aromatic rings. The molecule has 1 N–H and O–H groups in total. The minimum Gasteiger partial charge on any atom is -0.377 e. The van der Waals surface area contributed by atoms with Crippen LogP contribution in [0.2, 0.25) is 0 Å². The van der Waals surface area contributed by atoms with Crippen LogP contribution in [0.15, 0.2) is 0 Å². The van der Waals surface area contributed by atoms with Gasteiger partial charge in [-0.15, -0.1) is 0 Å². The Morgan fingerprint density at radius 1 is 1.50 bits per heavy atom. The Hall–Kier alpha value is -1.67. The number of hydrogen-bond donors (Lipinski definition) is 1.